The molecule has 0 spiro atoms. The number of nitrogens with one attached hydrogen (secondary N) is 1. The summed E-state index contributed by atoms with van der Waals surface area (Å²) in [6, 6.07) is 0. The predicted octanol–water partition coefficient (Wildman–Crippen LogP) is 4.33. The summed E-state index contributed by atoms with van der Waals surface area (Å²) in [5.74, 6) is 2.37. The first-order valence-corrected chi connectivity index (χ1v) is 8.79. The van der Waals surface area contributed by atoms with E-state index >= 15 is 0 Å². The Morgan fingerprint density at radius 3 is 2.53 bits per heavy atom. The van der Waals surface area contributed by atoms with Crippen molar-refractivity contribution in [1.82, 2.24) is 5.32 Å². The Bertz CT molecular complexity index is 185. The van der Waals surface area contributed by atoms with Crippen molar-refractivity contribution in [2.45, 2.75) is 58.3 Å². The fourth-order valence-electron chi connectivity index (χ4n) is 3.28. The van der Waals surface area contributed by atoms with Gasteiger partial charge in [0.1, 0.15) is 0 Å². The van der Waals surface area contributed by atoms with Crippen LogP contribution in [0.5, 0.6) is 0 Å². The van der Waals surface area contributed by atoms with E-state index in [0.717, 1.165) is 5.92 Å². The van der Waals surface area contributed by atoms with E-state index in [2.05, 4.69) is 25.5 Å². The lowest BCUT2D eigenvalue weighted by atomic mass is 9.68. The molecule has 0 heterocycles. The second-order valence-corrected chi connectivity index (χ2v) is 6.84. The van der Waals surface area contributed by atoms with E-state index in [1.54, 1.807) is 0 Å². The Balaban J connectivity index is 2.37. The van der Waals surface area contributed by atoms with Crippen LogP contribution in [-0.2, 0) is 0 Å². The highest BCUT2D eigenvalue weighted by molar-refractivity contribution is 7.98. The van der Waals surface area contributed by atoms with Gasteiger partial charge >= 0.3 is 0 Å². The van der Waals surface area contributed by atoms with Gasteiger partial charge in [-0.2, -0.15) is 11.8 Å². The van der Waals surface area contributed by atoms with E-state index in [4.69, 9.17) is 0 Å². The van der Waals surface area contributed by atoms with Gasteiger partial charge in [0.25, 0.3) is 0 Å². The molecule has 1 saturated carbocycles. The van der Waals surface area contributed by atoms with Gasteiger partial charge in [0.2, 0.25) is 0 Å². The first-order valence-electron chi connectivity index (χ1n) is 7.40. The summed E-state index contributed by atoms with van der Waals surface area (Å²) in [6.07, 6.45) is 13.8. The Morgan fingerprint density at radius 1 is 1.29 bits per heavy atom. The van der Waals surface area contributed by atoms with Crippen LogP contribution in [-0.4, -0.2) is 25.6 Å². The number of rotatable bonds is 8. The van der Waals surface area contributed by atoms with Crippen LogP contribution in [0.3, 0.4) is 0 Å². The van der Waals surface area contributed by atoms with E-state index < -0.39 is 0 Å². The van der Waals surface area contributed by atoms with Crippen LogP contribution >= 0.6 is 11.8 Å². The Morgan fingerprint density at radius 2 is 2.00 bits per heavy atom. The average Bonchev–Trinajstić information content (AvgIpc) is 2.36. The Kier molecular flexibility index (Phi) is 7.61. The maximum atomic E-state index is 3.44. The van der Waals surface area contributed by atoms with Gasteiger partial charge in [-0.25, -0.2) is 0 Å². The second-order valence-electron chi connectivity index (χ2n) is 5.86. The van der Waals surface area contributed by atoms with Gasteiger partial charge in [-0.15, -0.1) is 0 Å². The minimum absolute atomic E-state index is 0.625. The molecule has 0 unspecified atom stereocenters. The topological polar surface area (TPSA) is 12.0 Å². The van der Waals surface area contributed by atoms with Crippen molar-refractivity contribution in [3.63, 3.8) is 0 Å². The van der Waals surface area contributed by atoms with Crippen molar-refractivity contribution >= 4 is 11.8 Å². The van der Waals surface area contributed by atoms with Crippen LogP contribution in [0.15, 0.2) is 0 Å². The molecule has 1 nitrogen and oxygen atoms in total. The number of thioether (sulfide) groups is 1. The maximum absolute atomic E-state index is 3.44. The summed E-state index contributed by atoms with van der Waals surface area (Å²) in [5, 5.41) is 3.44. The van der Waals surface area contributed by atoms with Crippen LogP contribution < -0.4 is 5.32 Å². The molecule has 1 aliphatic rings. The molecule has 0 aromatic rings. The largest absolute Gasteiger partial charge is 0.319 e. The molecule has 0 amide bonds. The fourth-order valence-corrected chi connectivity index (χ4v) is 3.92. The quantitative estimate of drug-likeness (QED) is 0.695. The third-order valence-corrected chi connectivity index (χ3v) is 5.13. The maximum Gasteiger partial charge on any atom is 0.000510 e. The summed E-state index contributed by atoms with van der Waals surface area (Å²) < 4.78 is 0. The summed E-state index contributed by atoms with van der Waals surface area (Å²) >= 11 is 2.01. The van der Waals surface area contributed by atoms with Gasteiger partial charge in [0.15, 0.2) is 0 Å². The van der Waals surface area contributed by atoms with Crippen LogP contribution in [0.4, 0.5) is 0 Å². The summed E-state index contributed by atoms with van der Waals surface area (Å²) in [7, 11) is 2.12. The highest BCUT2D eigenvalue weighted by Gasteiger charge is 2.33. The monoisotopic (exact) mass is 257 g/mol. The Labute approximate surface area is 113 Å². The van der Waals surface area contributed by atoms with Gasteiger partial charge in [-0.1, -0.05) is 26.2 Å². The molecule has 0 bridgehead atoms. The highest BCUT2D eigenvalue weighted by Crippen LogP contribution is 2.43. The van der Waals surface area contributed by atoms with E-state index in [1.165, 1.54) is 63.7 Å². The van der Waals surface area contributed by atoms with Gasteiger partial charge in [-0.05, 0) is 62.5 Å². The predicted molar refractivity (Wildman–Crippen MR) is 80.8 cm³/mol. The van der Waals surface area contributed by atoms with Crippen LogP contribution in [0.25, 0.3) is 0 Å². The van der Waals surface area contributed by atoms with Gasteiger partial charge in [0, 0.05) is 6.54 Å². The zero-order valence-electron chi connectivity index (χ0n) is 12.1. The van der Waals surface area contributed by atoms with Crippen molar-refractivity contribution in [2.24, 2.45) is 11.3 Å². The minimum atomic E-state index is 0.625. The molecule has 1 aliphatic carbocycles. The molecule has 0 atom stereocenters. The smallest absolute Gasteiger partial charge is 0.000510 e. The molecule has 17 heavy (non-hydrogen) atoms. The number of unbranched alkanes of at least 4 members (excludes halogenated alkanes) is 1. The lowest BCUT2D eigenvalue weighted by Crippen LogP contribution is -2.37. The lowest BCUT2D eigenvalue weighted by Gasteiger charge is -2.40. The van der Waals surface area contributed by atoms with Crippen molar-refractivity contribution < 1.29 is 0 Å². The molecule has 1 fully saturated rings. The first-order chi connectivity index (χ1) is 8.26. The SMILES string of the molecule is CCCCC1CCC(CCSC)(CNC)CC1. The molecule has 0 aliphatic heterocycles. The van der Waals surface area contributed by atoms with Crippen molar-refractivity contribution in [3.8, 4) is 0 Å². The minimum Gasteiger partial charge on any atom is -0.319 e. The van der Waals surface area contributed by atoms with E-state index in [0.29, 0.717) is 5.41 Å². The second kappa shape index (κ2) is 8.42. The molecule has 2 heteroatoms. The molecule has 1 rings (SSSR count). The van der Waals surface area contributed by atoms with E-state index in [1.807, 2.05) is 11.8 Å². The molecule has 0 radical (unpaired) electrons. The summed E-state index contributed by atoms with van der Waals surface area (Å²) in [5.41, 5.74) is 0.625. The van der Waals surface area contributed by atoms with Crippen LogP contribution in [0, 0.1) is 11.3 Å². The molecule has 0 aromatic carbocycles. The zero-order chi connectivity index (χ0) is 12.6. The molecule has 0 saturated heterocycles. The highest BCUT2D eigenvalue weighted by atomic mass is 32.2. The average molecular weight is 257 g/mol. The normalized spacial score (nSPS) is 29.5. The van der Waals surface area contributed by atoms with E-state index in [-0.39, 0.29) is 0 Å². The molecule has 102 valence electrons. The summed E-state index contributed by atoms with van der Waals surface area (Å²) in [6.45, 7) is 3.54. The zero-order valence-corrected chi connectivity index (χ0v) is 12.9. The van der Waals surface area contributed by atoms with Gasteiger partial charge < -0.3 is 5.32 Å². The molecule has 0 aromatic heterocycles. The first kappa shape index (κ1) is 15.4. The summed E-state index contributed by atoms with van der Waals surface area (Å²) in [4.78, 5) is 0. The van der Waals surface area contributed by atoms with Gasteiger partial charge in [-0.3, -0.25) is 0 Å². The van der Waals surface area contributed by atoms with Crippen LogP contribution in [0.1, 0.15) is 58.3 Å². The molecule has 1 N–H and O–H groups in total. The van der Waals surface area contributed by atoms with Crippen LogP contribution in [0.2, 0.25) is 0 Å². The third-order valence-electron chi connectivity index (χ3n) is 4.52. The number of hydrogen-bond acceptors (Lipinski definition) is 2. The lowest BCUT2D eigenvalue weighted by molar-refractivity contribution is 0.137. The van der Waals surface area contributed by atoms with E-state index in [9.17, 15) is 0 Å². The third kappa shape index (κ3) is 5.21. The standard InChI is InChI=1S/C15H31NS/c1-4-5-6-14-7-9-15(10-8-14,13-16-2)11-12-17-3/h14,16H,4-13H2,1-3H3. The van der Waals surface area contributed by atoms with Crippen molar-refractivity contribution in [3.05, 3.63) is 0 Å². The number of hydrogen-bond donors (Lipinski definition) is 1. The van der Waals surface area contributed by atoms with Crippen molar-refractivity contribution in [1.29, 1.82) is 0 Å². The fraction of sp³-hybridized carbons (Fsp3) is 1.00. The molecular weight excluding hydrogens is 226 g/mol. The van der Waals surface area contributed by atoms with Crippen molar-refractivity contribution in [2.75, 3.05) is 25.6 Å². The Hall–Kier alpha value is 0.310. The van der Waals surface area contributed by atoms with Gasteiger partial charge in [0.05, 0.1) is 0 Å². The molecular formula is C15H31NS.